The van der Waals surface area contributed by atoms with E-state index in [4.69, 9.17) is 9.84 Å². The van der Waals surface area contributed by atoms with Crippen molar-refractivity contribution < 1.29 is 14.6 Å². The number of benzene rings is 1. The third kappa shape index (κ3) is 6.89. The van der Waals surface area contributed by atoms with Gasteiger partial charge in [-0.05, 0) is 43.2 Å². The van der Waals surface area contributed by atoms with Crippen molar-refractivity contribution in [1.29, 1.82) is 0 Å². The Balaban J connectivity index is 2.03. The SMILES string of the molecule is Cc1cccc(OCCCCSCC(=O)O)c1. The van der Waals surface area contributed by atoms with Gasteiger partial charge in [0.05, 0.1) is 12.4 Å². The molecule has 0 aliphatic rings. The second-order valence-electron chi connectivity index (χ2n) is 3.82. The first kappa shape index (κ1) is 13.9. The van der Waals surface area contributed by atoms with E-state index in [0.717, 1.165) is 24.3 Å². The minimum Gasteiger partial charge on any atom is -0.494 e. The molecule has 0 heterocycles. The highest BCUT2D eigenvalue weighted by Gasteiger charge is 1.97. The quantitative estimate of drug-likeness (QED) is 0.724. The molecule has 0 radical (unpaired) electrons. The Morgan fingerprint density at radius 3 is 2.94 bits per heavy atom. The predicted molar refractivity (Wildman–Crippen MR) is 70.9 cm³/mol. The minimum atomic E-state index is -0.744. The molecule has 0 aliphatic heterocycles. The molecule has 1 aromatic rings. The van der Waals surface area contributed by atoms with Gasteiger partial charge in [0.1, 0.15) is 5.75 Å². The molecule has 0 bridgehead atoms. The molecule has 0 aliphatic carbocycles. The molecule has 0 saturated heterocycles. The molecule has 0 atom stereocenters. The van der Waals surface area contributed by atoms with E-state index in [0.29, 0.717) is 6.61 Å². The van der Waals surface area contributed by atoms with E-state index >= 15 is 0 Å². The van der Waals surface area contributed by atoms with Gasteiger partial charge in [0.15, 0.2) is 0 Å². The van der Waals surface area contributed by atoms with Crippen molar-refractivity contribution in [2.24, 2.45) is 0 Å². The van der Waals surface area contributed by atoms with Crippen LogP contribution in [0.15, 0.2) is 24.3 Å². The first-order chi connectivity index (χ1) is 8.18. The van der Waals surface area contributed by atoms with Gasteiger partial charge in [-0.25, -0.2) is 0 Å². The second-order valence-corrected chi connectivity index (χ2v) is 4.92. The van der Waals surface area contributed by atoms with E-state index in [9.17, 15) is 4.79 Å². The third-order valence-electron chi connectivity index (χ3n) is 2.17. The normalized spacial score (nSPS) is 10.2. The van der Waals surface area contributed by atoms with Crippen LogP contribution in [0.25, 0.3) is 0 Å². The van der Waals surface area contributed by atoms with Crippen molar-refractivity contribution in [3.63, 3.8) is 0 Å². The van der Waals surface area contributed by atoms with Gasteiger partial charge >= 0.3 is 5.97 Å². The minimum absolute atomic E-state index is 0.193. The Morgan fingerprint density at radius 1 is 1.41 bits per heavy atom. The van der Waals surface area contributed by atoms with E-state index in [1.54, 1.807) is 0 Å². The number of hydrogen-bond acceptors (Lipinski definition) is 3. The van der Waals surface area contributed by atoms with Crippen molar-refractivity contribution in [3.05, 3.63) is 29.8 Å². The van der Waals surface area contributed by atoms with Crippen LogP contribution in [0.5, 0.6) is 5.75 Å². The lowest BCUT2D eigenvalue weighted by molar-refractivity contribution is -0.133. The molecule has 0 aromatic heterocycles. The summed E-state index contributed by atoms with van der Waals surface area (Å²) < 4.78 is 5.59. The fraction of sp³-hybridized carbons (Fsp3) is 0.462. The zero-order valence-electron chi connectivity index (χ0n) is 10.0. The number of aryl methyl sites for hydroxylation is 1. The number of hydrogen-bond donors (Lipinski definition) is 1. The zero-order valence-corrected chi connectivity index (χ0v) is 10.8. The van der Waals surface area contributed by atoms with Gasteiger partial charge in [0.25, 0.3) is 0 Å². The largest absolute Gasteiger partial charge is 0.494 e. The maximum atomic E-state index is 10.3. The van der Waals surface area contributed by atoms with Crippen LogP contribution in [0.2, 0.25) is 0 Å². The number of carbonyl (C=O) groups is 1. The van der Waals surface area contributed by atoms with Crippen LogP contribution in [-0.4, -0.2) is 29.2 Å². The van der Waals surface area contributed by atoms with Gasteiger partial charge in [-0.2, -0.15) is 11.8 Å². The molecule has 0 fully saturated rings. The highest BCUT2D eigenvalue weighted by Crippen LogP contribution is 2.13. The number of thioether (sulfide) groups is 1. The third-order valence-corrected chi connectivity index (χ3v) is 3.20. The summed E-state index contributed by atoms with van der Waals surface area (Å²) in [6, 6.07) is 7.98. The van der Waals surface area contributed by atoms with Crippen LogP contribution in [0.4, 0.5) is 0 Å². The highest BCUT2D eigenvalue weighted by molar-refractivity contribution is 7.99. The number of carboxylic acid groups (broad SMARTS) is 1. The standard InChI is InChI=1S/C13H18O3S/c1-11-5-4-6-12(9-11)16-7-2-3-8-17-10-13(14)15/h4-6,9H,2-3,7-8,10H2,1H3,(H,14,15). The maximum Gasteiger partial charge on any atom is 0.313 e. The van der Waals surface area contributed by atoms with Gasteiger partial charge in [-0.15, -0.1) is 0 Å². The predicted octanol–water partition coefficient (Wildman–Crippen LogP) is 2.97. The lowest BCUT2D eigenvalue weighted by atomic mass is 10.2. The first-order valence-electron chi connectivity index (χ1n) is 5.67. The smallest absolute Gasteiger partial charge is 0.313 e. The van der Waals surface area contributed by atoms with Gasteiger partial charge in [0, 0.05) is 0 Å². The summed E-state index contributed by atoms with van der Waals surface area (Å²) in [4.78, 5) is 10.3. The first-order valence-corrected chi connectivity index (χ1v) is 6.83. The van der Waals surface area contributed by atoms with Crippen LogP contribution < -0.4 is 4.74 Å². The number of carboxylic acids is 1. The molecule has 1 N–H and O–H groups in total. The summed E-state index contributed by atoms with van der Waals surface area (Å²) in [6.07, 6.45) is 1.95. The summed E-state index contributed by atoms with van der Waals surface area (Å²) >= 11 is 1.45. The van der Waals surface area contributed by atoms with Crippen molar-refractivity contribution in [2.45, 2.75) is 19.8 Å². The van der Waals surface area contributed by atoms with Gasteiger partial charge in [-0.3, -0.25) is 4.79 Å². The average Bonchev–Trinajstić information content (AvgIpc) is 2.27. The van der Waals surface area contributed by atoms with Gasteiger partial charge in [0.2, 0.25) is 0 Å². The van der Waals surface area contributed by atoms with E-state index in [1.165, 1.54) is 17.3 Å². The number of ether oxygens (including phenoxy) is 1. The summed E-state index contributed by atoms with van der Waals surface area (Å²) in [7, 11) is 0. The van der Waals surface area contributed by atoms with Crippen LogP contribution in [0, 0.1) is 6.92 Å². The van der Waals surface area contributed by atoms with Crippen LogP contribution >= 0.6 is 11.8 Å². The Bertz CT molecular complexity index is 352. The fourth-order valence-electron chi connectivity index (χ4n) is 1.36. The summed E-state index contributed by atoms with van der Waals surface area (Å²) in [5.74, 6) is 1.23. The molecular formula is C13H18O3S. The van der Waals surface area contributed by atoms with Crippen molar-refractivity contribution in [3.8, 4) is 5.75 Å². The lowest BCUT2D eigenvalue weighted by Gasteiger charge is -2.06. The highest BCUT2D eigenvalue weighted by atomic mass is 32.2. The lowest BCUT2D eigenvalue weighted by Crippen LogP contribution is -2.01. The molecule has 1 aromatic carbocycles. The Kier molecular flexibility index (Phi) is 6.55. The summed E-state index contributed by atoms with van der Waals surface area (Å²) in [5.41, 5.74) is 1.19. The fourth-order valence-corrected chi connectivity index (χ4v) is 2.09. The maximum absolute atomic E-state index is 10.3. The Morgan fingerprint density at radius 2 is 2.24 bits per heavy atom. The number of unbranched alkanes of at least 4 members (excludes halogenated alkanes) is 1. The molecule has 1 rings (SSSR count). The van der Waals surface area contributed by atoms with E-state index in [1.807, 2.05) is 31.2 Å². The van der Waals surface area contributed by atoms with E-state index < -0.39 is 5.97 Å². The molecular weight excluding hydrogens is 236 g/mol. The molecule has 17 heavy (non-hydrogen) atoms. The van der Waals surface area contributed by atoms with E-state index in [2.05, 4.69) is 0 Å². The molecule has 0 amide bonds. The number of rotatable bonds is 8. The van der Waals surface area contributed by atoms with Crippen molar-refractivity contribution in [2.75, 3.05) is 18.1 Å². The van der Waals surface area contributed by atoms with Gasteiger partial charge in [-0.1, -0.05) is 12.1 Å². The molecule has 4 heteroatoms. The molecule has 0 spiro atoms. The zero-order chi connectivity index (χ0) is 12.5. The number of aliphatic carboxylic acids is 1. The molecule has 3 nitrogen and oxygen atoms in total. The van der Waals surface area contributed by atoms with Crippen molar-refractivity contribution >= 4 is 17.7 Å². The molecule has 0 unspecified atom stereocenters. The summed E-state index contributed by atoms with van der Waals surface area (Å²) in [5, 5.41) is 8.45. The topological polar surface area (TPSA) is 46.5 Å². The molecule has 94 valence electrons. The monoisotopic (exact) mass is 254 g/mol. The summed E-state index contributed by atoms with van der Waals surface area (Å²) in [6.45, 7) is 2.73. The van der Waals surface area contributed by atoms with Gasteiger partial charge < -0.3 is 9.84 Å². The van der Waals surface area contributed by atoms with Crippen LogP contribution in [-0.2, 0) is 4.79 Å². The average molecular weight is 254 g/mol. The van der Waals surface area contributed by atoms with Crippen molar-refractivity contribution in [1.82, 2.24) is 0 Å². The van der Waals surface area contributed by atoms with E-state index in [-0.39, 0.29) is 5.75 Å². The molecule has 0 saturated carbocycles. The van der Waals surface area contributed by atoms with Crippen LogP contribution in [0.3, 0.4) is 0 Å². The Labute approximate surface area is 106 Å². The van der Waals surface area contributed by atoms with Crippen LogP contribution in [0.1, 0.15) is 18.4 Å². The Hall–Kier alpha value is -1.16. The second kappa shape index (κ2) is 8.01.